The van der Waals surface area contributed by atoms with Crippen molar-refractivity contribution >= 4 is 11.0 Å². The van der Waals surface area contributed by atoms with Crippen molar-refractivity contribution in [1.29, 1.82) is 0 Å². The SMILES string of the molecule is [2H]c1nc(-c2[c-]c(-c3cccc4c3nc(-c3ccccc3O)n4-c3ccc(-c4c(C([2H])(C)C)cccc4C([2H])(C)C)cc3C([2H])([2H])[2H])cc(C(C)(C)C)c2)c([2H])c(-c2c([2H])c([2H])c([2H])c([2H])c2[2H])c1[2H].[Pt]. The monoisotopic (exact) mass is 952 g/mol. The molecule has 0 amide bonds. The molecule has 0 fully saturated rings. The van der Waals surface area contributed by atoms with Crippen LogP contribution >= 0.6 is 0 Å². The second-order valence-corrected chi connectivity index (χ2v) is 15.6. The van der Waals surface area contributed by atoms with Gasteiger partial charge in [0.1, 0.15) is 11.6 Å². The minimum Gasteiger partial charge on any atom is -0.507 e. The third-order valence-corrected chi connectivity index (χ3v) is 10.1. The van der Waals surface area contributed by atoms with E-state index in [0.29, 0.717) is 50.0 Å². The van der Waals surface area contributed by atoms with E-state index in [1.54, 1.807) is 86.9 Å². The molecule has 0 aliphatic rings. The van der Waals surface area contributed by atoms with Crippen molar-refractivity contribution < 1.29 is 44.0 Å². The first-order chi connectivity index (χ1) is 32.5. The van der Waals surface area contributed by atoms with Crippen molar-refractivity contribution in [3.05, 3.63) is 168 Å². The number of fused-ring (bicyclic) bond motifs is 1. The minimum atomic E-state index is -2.71. The van der Waals surface area contributed by atoms with Gasteiger partial charge in [0.05, 0.1) is 33.3 Å². The first kappa shape index (κ1) is 27.2. The van der Waals surface area contributed by atoms with Crippen molar-refractivity contribution in [2.24, 2.45) is 0 Å². The Labute approximate surface area is 376 Å². The number of phenolic OH excluding ortho intramolecular Hbond substituents is 1. The maximum atomic E-state index is 11.4. The third-order valence-electron chi connectivity index (χ3n) is 10.1. The van der Waals surface area contributed by atoms with Gasteiger partial charge >= 0.3 is 0 Å². The van der Waals surface area contributed by atoms with Crippen LogP contribution in [0.25, 0.3) is 72.7 Å². The smallest absolute Gasteiger partial charge is 0.148 e. The van der Waals surface area contributed by atoms with Gasteiger partial charge in [-0.2, -0.15) is 0 Å². The third kappa shape index (κ3) is 7.71. The number of pyridine rings is 1. The predicted molar refractivity (Wildman–Crippen MR) is 238 cm³/mol. The number of aromatic hydroxyl groups is 1. The summed E-state index contributed by atoms with van der Waals surface area (Å²) >= 11 is 0. The van der Waals surface area contributed by atoms with E-state index in [1.807, 2.05) is 51.1 Å². The molecule has 0 spiro atoms. The molecule has 0 saturated carbocycles. The zero-order chi connectivity index (χ0) is 51.3. The van der Waals surface area contributed by atoms with E-state index in [4.69, 9.17) is 21.4 Å². The Morgan fingerprint density at radius 2 is 1.45 bits per heavy atom. The molecule has 0 radical (unpaired) electrons. The van der Waals surface area contributed by atoms with Gasteiger partial charge in [-0.05, 0) is 99.4 Å². The number of imidazole rings is 1. The summed E-state index contributed by atoms with van der Waals surface area (Å²) in [5.74, 6) is -2.11. The fraction of sp³-hybridized carbons (Fsp3) is 0.208. The van der Waals surface area contributed by atoms with Crippen LogP contribution < -0.4 is 0 Å². The van der Waals surface area contributed by atoms with Gasteiger partial charge in [0.25, 0.3) is 0 Å². The molecule has 2 aromatic heterocycles. The molecule has 58 heavy (non-hydrogen) atoms. The van der Waals surface area contributed by atoms with Crippen LogP contribution in [-0.2, 0) is 26.5 Å². The molecule has 8 aromatic rings. The Balaban J connectivity index is 0.00000741. The van der Waals surface area contributed by atoms with Crippen LogP contribution in [0.1, 0.15) is 100 Å². The summed E-state index contributed by atoms with van der Waals surface area (Å²) in [7, 11) is 0. The molecule has 0 unspecified atom stereocenters. The fourth-order valence-electron chi connectivity index (χ4n) is 7.21. The van der Waals surface area contributed by atoms with Crippen LogP contribution in [0.2, 0.25) is 0 Å². The van der Waals surface area contributed by atoms with E-state index in [2.05, 4.69) is 11.1 Å². The Morgan fingerprint density at radius 3 is 2.14 bits per heavy atom. The number of para-hydroxylation sites is 2. The van der Waals surface area contributed by atoms with Crippen LogP contribution in [-0.4, -0.2) is 19.6 Å². The first-order valence-electron chi connectivity index (χ1n) is 25.2. The molecular weight excluding hydrogens is 890 g/mol. The molecule has 0 atom stereocenters. The van der Waals surface area contributed by atoms with E-state index in [-0.39, 0.29) is 60.7 Å². The van der Waals surface area contributed by atoms with Gasteiger partial charge in [0.15, 0.2) is 0 Å². The topological polar surface area (TPSA) is 50.9 Å². The molecule has 2 heterocycles. The number of phenols is 1. The Morgan fingerprint density at radius 1 is 0.759 bits per heavy atom. The number of hydrogen-bond donors (Lipinski definition) is 1. The minimum absolute atomic E-state index is 0. The van der Waals surface area contributed by atoms with Crippen LogP contribution in [0.3, 0.4) is 0 Å². The summed E-state index contributed by atoms with van der Waals surface area (Å²) in [5, 5.41) is 11.4. The number of nitrogens with zero attached hydrogens (tertiary/aromatic N) is 3. The van der Waals surface area contributed by atoms with E-state index in [0.717, 1.165) is 5.56 Å². The maximum absolute atomic E-state index is 11.4. The molecule has 1 N–H and O–H groups in total. The summed E-state index contributed by atoms with van der Waals surface area (Å²) in [6, 6.07) is 25.3. The van der Waals surface area contributed by atoms with Crippen molar-refractivity contribution in [2.75, 3.05) is 0 Å². The van der Waals surface area contributed by atoms with Crippen LogP contribution in [0, 0.1) is 12.9 Å². The van der Waals surface area contributed by atoms with Crippen molar-refractivity contribution in [2.45, 2.75) is 72.5 Å². The Bertz CT molecular complexity index is 3380. The number of aryl methyl sites for hydroxylation is 1. The summed E-state index contributed by atoms with van der Waals surface area (Å²) < 4.78 is 116. The maximum Gasteiger partial charge on any atom is 0.148 e. The first-order valence-corrected chi connectivity index (χ1v) is 18.7. The number of hydrogen-bond acceptors (Lipinski definition) is 3. The zero-order valence-corrected chi connectivity index (χ0v) is 35.5. The van der Waals surface area contributed by atoms with Crippen molar-refractivity contribution in [1.82, 2.24) is 14.5 Å². The molecule has 5 heteroatoms. The molecule has 0 aliphatic carbocycles. The van der Waals surface area contributed by atoms with Gasteiger partial charge in [0, 0.05) is 39.8 Å². The van der Waals surface area contributed by atoms with Gasteiger partial charge in [-0.3, -0.25) is 9.55 Å². The van der Waals surface area contributed by atoms with Crippen molar-refractivity contribution in [3.63, 3.8) is 0 Å². The molecule has 4 nitrogen and oxygen atoms in total. The predicted octanol–water partition coefficient (Wildman–Crippen LogP) is 14.1. The van der Waals surface area contributed by atoms with E-state index in [9.17, 15) is 6.48 Å². The average molecular weight is 953 g/mol. The number of benzene rings is 6. The van der Waals surface area contributed by atoms with Crippen LogP contribution in [0.4, 0.5) is 0 Å². The van der Waals surface area contributed by atoms with Crippen LogP contribution in [0.15, 0.2) is 139 Å². The summed E-state index contributed by atoms with van der Waals surface area (Å²) in [6.07, 6.45) is -0.584. The second kappa shape index (κ2) is 16.4. The molecule has 0 aliphatic heterocycles. The molecule has 6 aromatic carbocycles. The normalized spacial score (nSPS) is 15.5. The fourth-order valence-corrected chi connectivity index (χ4v) is 7.21. The van der Waals surface area contributed by atoms with Gasteiger partial charge < -0.3 is 5.11 Å². The van der Waals surface area contributed by atoms with E-state index in [1.165, 1.54) is 6.07 Å². The Hall–Kier alpha value is -5.57. The Kier molecular flexibility index (Phi) is 7.66. The molecule has 294 valence electrons. The molecule has 0 saturated heterocycles. The zero-order valence-electron chi connectivity index (χ0n) is 46.3. The summed E-state index contributed by atoms with van der Waals surface area (Å²) in [6.45, 7) is 10.2. The second-order valence-electron chi connectivity index (χ2n) is 15.6. The van der Waals surface area contributed by atoms with Crippen LogP contribution in [0.5, 0.6) is 5.75 Å². The van der Waals surface area contributed by atoms with Gasteiger partial charge in [-0.1, -0.05) is 144 Å². The molecule has 8 rings (SSSR count). The average Bonchev–Trinajstić information content (AvgIpc) is 3.67. The van der Waals surface area contributed by atoms with Gasteiger partial charge in [-0.25, -0.2) is 4.98 Å². The largest absolute Gasteiger partial charge is 0.507 e. The molecule has 0 bridgehead atoms. The number of rotatable bonds is 8. The quantitative estimate of drug-likeness (QED) is 0.154. The van der Waals surface area contributed by atoms with E-state index < -0.39 is 78.1 Å². The van der Waals surface area contributed by atoms with Crippen molar-refractivity contribution in [3.8, 4) is 67.5 Å². The molecular formula is C53H50N3OPt-. The summed E-state index contributed by atoms with van der Waals surface area (Å²) in [4.78, 5) is 9.54. The summed E-state index contributed by atoms with van der Waals surface area (Å²) in [5.41, 5.74) is 4.26. The standard InChI is InChI=1S/C53H50N3O.Pt/c1-33(2)42-19-14-20-43(34(3)4)50(42)38-24-25-47(35(5)28-38)56-48-22-15-21-44(51(48)55-52(56)45-18-12-13-23-49(45)57)39-29-40(31-41(30-39)53(6,7)8)46-32-37(26-27-54-46)36-16-10-9-11-17-36;/h9-28,30-34,57H,1-8H3;/q-1;/i5D3,9D,10D,11D,16D,17D,26D,27D,32D,33D,34D;. The van der Waals surface area contributed by atoms with Gasteiger partial charge in [-0.15, -0.1) is 29.3 Å². The van der Waals surface area contributed by atoms with E-state index >= 15 is 0 Å². The van der Waals surface area contributed by atoms with Gasteiger partial charge in [0.2, 0.25) is 0 Å². The number of aromatic nitrogens is 3.